The Morgan fingerprint density at radius 1 is 1.14 bits per heavy atom. The Bertz CT molecular complexity index is 485. The number of Topliss-reactive ketones (excluding diaryl/α,β-unsaturated/α-hetero) is 1. The van der Waals surface area contributed by atoms with E-state index in [0.29, 0.717) is 42.6 Å². The van der Waals surface area contributed by atoms with E-state index in [1.165, 1.54) is 0 Å². The molecule has 0 N–H and O–H groups in total. The van der Waals surface area contributed by atoms with Crippen LogP contribution in [0.25, 0.3) is 0 Å². The Hall–Kier alpha value is -1.22. The monoisotopic (exact) mass is 326 g/mol. The van der Waals surface area contributed by atoms with E-state index < -0.39 is 0 Å². The molecule has 0 aliphatic rings. The van der Waals surface area contributed by atoms with Gasteiger partial charge in [0.2, 0.25) is 0 Å². The molecule has 0 spiro atoms. The van der Waals surface area contributed by atoms with Crippen molar-refractivity contribution in [3.05, 3.63) is 22.7 Å². The van der Waals surface area contributed by atoms with Gasteiger partial charge in [-0.05, 0) is 44.2 Å². The Balaban J connectivity index is 2.87. The molecule has 0 bridgehead atoms. The molecule has 1 atom stereocenters. The van der Waals surface area contributed by atoms with Gasteiger partial charge in [0.25, 0.3) is 0 Å². The molecule has 1 aromatic rings. The van der Waals surface area contributed by atoms with Crippen molar-refractivity contribution in [3.8, 4) is 11.5 Å². The first kappa shape index (κ1) is 18.8. The molecule has 0 saturated heterocycles. The lowest BCUT2D eigenvalue weighted by Gasteiger charge is -2.17. The highest BCUT2D eigenvalue weighted by Gasteiger charge is 2.15. The van der Waals surface area contributed by atoms with Crippen LogP contribution in [-0.4, -0.2) is 19.0 Å². The van der Waals surface area contributed by atoms with E-state index in [1.54, 1.807) is 0 Å². The predicted molar refractivity (Wildman–Crippen MR) is 91.2 cm³/mol. The van der Waals surface area contributed by atoms with Gasteiger partial charge in [-0.1, -0.05) is 25.4 Å². The number of halogens is 1. The summed E-state index contributed by atoms with van der Waals surface area (Å²) < 4.78 is 11.2. The predicted octanol–water partition coefficient (Wildman–Crippen LogP) is 5.08. The lowest BCUT2D eigenvalue weighted by Crippen LogP contribution is -2.09. The van der Waals surface area contributed by atoms with E-state index in [0.717, 1.165) is 24.2 Å². The largest absolute Gasteiger partial charge is 0.493 e. The van der Waals surface area contributed by atoms with Gasteiger partial charge >= 0.3 is 0 Å². The minimum absolute atomic E-state index is 0.271. The molecular formula is C18H27ClO3. The van der Waals surface area contributed by atoms with E-state index in [9.17, 15) is 4.79 Å². The van der Waals surface area contributed by atoms with Gasteiger partial charge in [-0.25, -0.2) is 0 Å². The van der Waals surface area contributed by atoms with E-state index in [4.69, 9.17) is 21.1 Å². The second-order valence-electron chi connectivity index (χ2n) is 5.56. The Morgan fingerprint density at radius 2 is 1.77 bits per heavy atom. The van der Waals surface area contributed by atoms with Gasteiger partial charge in [0.15, 0.2) is 0 Å². The van der Waals surface area contributed by atoms with Gasteiger partial charge in [0.05, 0.1) is 18.2 Å². The van der Waals surface area contributed by atoms with E-state index in [1.807, 2.05) is 32.9 Å². The number of ketones is 1. The second-order valence-corrected chi connectivity index (χ2v) is 5.97. The molecule has 0 aliphatic heterocycles. The van der Waals surface area contributed by atoms with E-state index >= 15 is 0 Å². The number of hydrogen-bond acceptors (Lipinski definition) is 3. The molecule has 0 saturated carbocycles. The normalized spacial score (nSPS) is 12.0. The van der Waals surface area contributed by atoms with E-state index in [-0.39, 0.29) is 5.92 Å². The molecule has 0 aromatic heterocycles. The van der Waals surface area contributed by atoms with Gasteiger partial charge in [-0.15, -0.1) is 0 Å². The lowest BCUT2D eigenvalue weighted by atomic mass is 9.94. The smallest absolute Gasteiger partial charge is 0.141 e. The second kappa shape index (κ2) is 9.73. The van der Waals surface area contributed by atoms with Gasteiger partial charge < -0.3 is 9.47 Å². The molecule has 0 fully saturated rings. The van der Waals surface area contributed by atoms with Crippen molar-refractivity contribution < 1.29 is 14.3 Å². The maximum atomic E-state index is 11.8. The van der Waals surface area contributed by atoms with Gasteiger partial charge in [0.1, 0.15) is 17.3 Å². The Labute approximate surface area is 139 Å². The van der Waals surface area contributed by atoms with Crippen LogP contribution < -0.4 is 9.47 Å². The summed E-state index contributed by atoms with van der Waals surface area (Å²) in [5.41, 5.74) is 1.03. The summed E-state index contributed by atoms with van der Waals surface area (Å²) in [6.07, 6.45) is 2.94. The summed E-state index contributed by atoms with van der Waals surface area (Å²) in [6, 6.07) is 3.75. The number of hydrogen-bond donors (Lipinski definition) is 0. The fraction of sp³-hybridized carbons (Fsp3) is 0.611. The van der Waals surface area contributed by atoms with Crippen LogP contribution in [0.3, 0.4) is 0 Å². The molecule has 0 aliphatic carbocycles. The molecule has 4 heteroatoms. The number of carbonyl (C=O) groups is 1. The Kier molecular flexibility index (Phi) is 8.32. The van der Waals surface area contributed by atoms with Crippen molar-refractivity contribution in [2.45, 2.75) is 53.4 Å². The first-order valence-electron chi connectivity index (χ1n) is 8.11. The number of benzene rings is 1. The van der Waals surface area contributed by atoms with Crippen LogP contribution in [0.4, 0.5) is 0 Å². The molecule has 22 heavy (non-hydrogen) atoms. The third kappa shape index (κ3) is 5.88. The Morgan fingerprint density at radius 3 is 2.36 bits per heavy atom. The first-order valence-corrected chi connectivity index (χ1v) is 8.49. The quantitative estimate of drug-likeness (QED) is 0.601. The summed E-state index contributed by atoms with van der Waals surface area (Å²) >= 11 is 6.27. The third-order valence-corrected chi connectivity index (χ3v) is 3.68. The van der Waals surface area contributed by atoms with Crippen molar-refractivity contribution in [2.75, 3.05) is 13.2 Å². The van der Waals surface area contributed by atoms with Crippen LogP contribution in [0.1, 0.15) is 52.5 Å². The number of carbonyl (C=O) groups excluding carboxylic acids is 1. The zero-order valence-corrected chi connectivity index (χ0v) is 14.8. The maximum absolute atomic E-state index is 11.8. The molecule has 0 amide bonds. The summed E-state index contributed by atoms with van der Waals surface area (Å²) in [7, 11) is 0. The SMILES string of the molecule is CCCC(=O)CC(C)Cc1cc(Cl)c(OCC)cc1OCC. The van der Waals surface area contributed by atoms with Crippen LogP contribution >= 0.6 is 11.6 Å². The van der Waals surface area contributed by atoms with Crippen molar-refractivity contribution in [3.63, 3.8) is 0 Å². The van der Waals surface area contributed by atoms with Crippen LogP contribution in [0.15, 0.2) is 12.1 Å². The zero-order chi connectivity index (χ0) is 16.5. The molecule has 124 valence electrons. The fourth-order valence-electron chi connectivity index (χ4n) is 2.51. The van der Waals surface area contributed by atoms with Crippen LogP contribution in [-0.2, 0) is 11.2 Å². The third-order valence-electron chi connectivity index (χ3n) is 3.39. The van der Waals surface area contributed by atoms with Crippen molar-refractivity contribution >= 4 is 17.4 Å². The molecule has 1 rings (SSSR count). The zero-order valence-electron chi connectivity index (χ0n) is 14.1. The molecule has 3 nitrogen and oxygen atoms in total. The van der Waals surface area contributed by atoms with Crippen LogP contribution in [0.2, 0.25) is 5.02 Å². The number of ether oxygens (including phenoxy) is 2. The minimum atomic E-state index is 0.271. The average Bonchev–Trinajstić information content (AvgIpc) is 2.44. The van der Waals surface area contributed by atoms with Crippen LogP contribution in [0, 0.1) is 5.92 Å². The van der Waals surface area contributed by atoms with Crippen molar-refractivity contribution in [2.24, 2.45) is 5.92 Å². The molecule has 0 heterocycles. The summed E-state index contributed by atoms with van der Waals surface area (Å²) in [4.78, 5) is 11.8. The van der Waals surface area contributed by atoms with Gasteiger partial charge in [-0.2, -0.15) is 0 Å². The lowest BCUT2D eigenvalue weighted by molar-refractivity contribution is -0.119. The highest BCUT2D eigenvalue weighted by molar-refractivity contribution is 6.32. The van der Waals surface area contributed by atoms with Gasteiger partial charge in [0, 0.05) is 18.9 Å². The molecule has 0 radical (unpaired) electrons. The summed E-state index contributed by atoms with van der Waals surface area (Å²) in [5.74, 6) is 2.04. The molecular weight excluding hydrogens is 300 g/mol. The minimum Gasteiger partial charge on any atom is -0.493 e. The van der Waals surface area contributed by atoms with Crippen molar-refractivity contribution in [1.29, 1.82) is 0 Å². The van der Waals surface area contributed by atoms with Gasteiger partial charge in [-0.3, -0.25) is 4.79 Å². The summed E-state index contributed by atoms with van der Waals surface area (Å²) in [5, 5.41) is 0.590. The topological polar surface area (TPSA) is 35.5 Å². The maximum Gasteiger partial charge on any atom is 0.141 e. The first-order chi connectivity index (χ1) is 10.5. The highest BCUT2D eigenvalue weighted by atomic mass is 35.5. The molecule has 1 unspecified atom stereocenters. The molecule has 1 aromatic carbocycles. The van der Waals surface area contributed by atoms with E-state index in [2.05, 4.69) is 6.92 Å². The highest BCUT2D eigenvalue weighted by Crippen LogP contribution is 2.34. The number of rotatable bonds is 10. The summed E-state index contributed by atoms with van der Waals surface area (Å²) in [6.45, 7) is 9.14. The average molecular weight is 327 g/mol. The standard InChI is InChI=1S/C18H27ClO3/c1-5-8-15(20)10-13(4)9-14-11-16(19)18(22-7-3)12-17(14)21-6-2/h11-13H,5-10H2,1-4H3. The van der Waals surface area contributed by atoms with Crippen molar-refractivity contribution in [1.82, 2.24) is 0 Å². The fourth-order valence-corrected chi connectivity index (χ4v) is 2.75. The van der Waals surface area contributed by atoms with Crippen LogP contribution in [0.5, 0.6) is 11.5 Å².